The molecule has 2 atom stereocenters. The SMILES string of the molecule is CCCOC(=O)C1CC1(F)Cl. The van der Waals surface area contributed by atoms with Gasteiger partial charge in [0, 0.05) is 6.42 Å². The Morgan fingerprint density at radius 1 is 1.91 bits per heavy atom. The summed E-state index contributed by atoms with van der Waals surface area (Å²) in [6.45, 7) is 2.23. The number of esters is 1. The Bertz CT molecular complexity index is 170. The maximum absolute atomic E-state index is 12.6. The van der Waals surface area contributed by atoms with E-state index in [0.29, 0.717) is 6.61 Å². The van der Waals surface area contributed by atoms with Crippen LogP contribution in [0.15, 0.2) is 0 Å². The van der Waals surface area contributed by atoms with Gasteiger partial charge in [-0.05, 0) is 6.42 Å². The van der Waals surface area contributed by atoms with Crippen LogP contribution in [0.25, 0.3) is 0 Å². The minimum atomic E-state index is -1.81. The Morgan fingerprint density at radius 2 is 2.45 bits per heavy atom. The van der Waals surface area contributed by atoms with Crippen LogP contribution in [-0.2, 0) is 9.53 Å². The summed E-state index contributed by atoms with van der Waals surface area (Å²) < 4.78 is 17.3. The van der Waals surface area contributed by atoms with Crippen LogP contribution in [0.4, 0.5) is 4.39 Å². The van der Waals surface area contributed by atoms with Crippen LogP contribution < -0.4 is 0 Å². The third-order valence-corrected chi connectivity index (χ3v) is 1.98. The second-order valence-electron chi connectivity index (χ2n) is 2.69. The van der Waals surface area contributed by atoms with Crippen molar-refractivity contribution in [1.29, 1.82) is 0 Å². The lowest BCUT2D eigenvalue weighted by atomic mass is 10.4. The molecule has 0 aromatic carbocycles. The lowest BCUT2D eigenvalue weighted by Crippen LogP contribution is -2.11. The van der Waals surface area contributed by atoms with E-state index < -0.39 is 17.0 Å². The van der Waals surface area contributed by atoms with Crippen molar-refractivity contribution in [3.05, 3.63) is 0 Å². The van der Waals surface area contributed by atoms with Crippen molar-refractivity contribution in [3.63, 3.8) is 0 Å². The van der Waals surface area contributed by atoms with E-state index in [1.54, 1.807) is 0 Å². The molecular formula is C7H10ClFO2. The molecule has 2 nitrogen and oxygen atoms in total. The van der Waals surface area contributed by atoms with Gasteiger partial charge >= 0.3 is 5.97 Å². The summed E-state index contributed by atoms with van der Waals surface area (Å²) in [6, 6.07) is 0. The van der Waals surface area contributed by atoms with Gasteiger partial charge in [-0.1, -0.05) is 18.5 Å². The number of halogens is 2. The molecule has 4 heteroatoms. The van der Waals surface area contributed by atoms with E-state index in [-0.39, 0.29) is 6.42 Å². The average Bonchev–Trinajstić information content (AvgIpc) is 2.55. The molecule has 0 aliphatic heterocycles. The largest absolute Gasteiger partial charge is 0.465 e. The summed E-state index contributed by atoms with van der Waals surface area (Å²) in [5, 5.41) is -1.81. The minimum absolute atomic E-state index is 0.0943. The highest BCUT2D eigenvalue weighted by atomic mass is 35.5. The Morgan fingerprint density at radius 3 is 2.82 bits per heavy atom. The molecule has 11 heavy (non-hydrogen) atoms. The van der Waals surface area contributed by atoms with Crippen molar-refractivity contribution in [2.45, 2.75) is 24.9 Å². The third kappa shape index (κ3) is 2.06. The molecule has 1 aliphatic rings. The normalized spacial score (nSPS) is 35.0. The molecule has 0 aromatic rings. The van der Waals surface area contributed by atoms with Crippen LogP contribution in [0.1, 0.15) is 19.8 Å². The second-order valence-corrected chi connectivity index (χ2v) is 3.31. The fourth-order valence-electron chi connectivity index (χ4n) is 0.772. The first-order chi connectivity index (χ1) is 5.08. The summed E-state index contributed by atoms with van der Waals surface area (Å²) in [6.07, 6.45) is 0.844. The van der Waals surface area contributed by atoms with Gasteiger partial charge in [0.1, 0.15) is 5.92 Å². The van der Waals surface area contributed by atoms with E-state index in [4.69, 9.17) is 11.6 Å². The molecule has 0 heterocycles. The maximum atomic E-state index is 12.6. The third-order valence-electron chi connectivity index (χ3n) is 1.56. The quantitative estimate of drug-likeness (QED) is 0.490. The first-order valence-electron chi connectivity index (χ1n) is 3.62. The molecule has 0 saturated heterocycles. The van der Waals surface area contributed by atoms with Crippen LogP contribution in [0.5, 0.6) is 0 Å². The molecule has 0 amide bonds. The van der Waals surface area contributed by atoms with Crippen LogP contribution in [-0.4, -0.2) is 17.7 Å². The van der Waals surface area contributed by atoms with Crippen LogP contribution in [0, 0.1) is 5.92 Å². The number of hydrogen-bond donors (Lipinski definition) is 0. The molecule has 0 bridgehead atoms. The molecule has 0 spiro atoms. The first-order valence-corrected chi connectivity index (χ1v) is 4.00. The molecule has 1 aliphatic carbocycles. The van der Waals surface area contributed by atoms with Crippen molar-refractivity contribution in [3.8, 4) is 0 Å². The van der Waals surface area contributed by atoms with E-state index in [2.05, 4.69) is 4.74 Å². The number of rotatable bonds is 3. The monoisotopic (exact) mass is 180 g/mol. The summed E-state index contributed by atoms with van der Waals surface area (Å²) in [5.41, 5.74) is 0. The lowest BCUT2D eigenvalue weighted by molar-refractivity contribution is -0.145. The molecule has 1 saturated carbocycles. The minimum Gasteiger partial charge on any atom is -0.465 e. The van der Waals surface area contributed by atoms with Gasteiger partial charge < -0.3 is 4.74 Å². The first kappa shape index (κ1) is 8.78. The van der Waals surface area contributed by atoms with E-state index in [1.807, 2.05) is 6.92 Å². The summed E-state index contributed by atoms with van der Waals surface area (Å²) in [5.74, 6) is -1.24. The Balaban J connectivity index is 2.23. The predicted molar refractivity (Wildman–Crippen MR) is 39.0 cm³/mol. The van der Waals surface area contributed by atoms with Crippen molar-refractivity contribution in [1.82, 2.24) is 0 Å². The van der Waals surface area contributed by atoms with Gasteiger partial charge in [-0.25, -0.2) is 4.39 Å². The van der Waals surface area contributed by atoms with Gasteiger partial charge in [0.25, 0.3) is 0 Å². The zero-order valence-corrected chi connectivity index (χ0v) is 7.03. The fraction of sp³-hybridized carbons (Fsp3) is 0.857. The summed E-state index contributed by atoms with van der Waals surface area (Å²) >= 11 is 5.21. The zero-order chi connectivity index (χ0) is 8.48. The van der Waals surface area contributed by atoms with Gasteiger partial charge in [0.15, 0.2) is 5.13 Å². The number of alkyl halides is 2. The molecule has 64 valence electrons. The van der Waals surface area contributed by atoms with Gasteiger partial charge in [0.05, 0.1) is 6.61 Å². The molecular weight excluding hydrogens is 171 g/mol. The molecule has 1 fully saturated rings. The molecule has 1 rings (SSSR count). The maximum Gasteiger partial charge on any atom is 0.313 e. The van der Waals surface area contributed by atoms with E-state index in [0.717, 1.165) is 6.42 Å². The van der Waals surface area contributed by atoms with E-state index in [9.17, 15) is 9.18 Å². The van der Waals surface area contributed by atoms with Crippen molar-refractivity contribution >= 4 is 17.6 Å². The fourth-order valence-corrected chi connectivity index (χ4v) is 1.02. The van der Waals surface area contributed by atoms with Crippen LogP contribution >= 0.6 is 11.6 Å². The number of carbonyl (C=O) groups excluding carboxylic acids is 1. The van der Waals surface area contributed by atoms with Crippen LogP contribution in [0.3, 0.4) is 0 Å². The molecule has 0 radical (unpaired) electrons. The lowest BCUT2D eigenvalue weighted by Gasteiger charge is -2.00. The van der Waals surface area contributed by atoms with Gasteiger partial charge in [-0.3, -0.25) is 4.79 Å². The van der Waals surface area contributed by atoms with Crippen molar-refractivity contribution in [2.24, 2.45) is 5.92 Å². The zero-order valence-electron chi connectivity index (χ0n) is 6.27. The Labute approximate surface area is 69.7 Å². The Kier molecular flexibility index (Phi) is 2.37. The van der Waals surface area contributed by atoms with Crippen molar-refractivity contribution in [2.75, 3.05) is 6.61 Å². The van der Waals surface area contributed by atoms with E-state index in [1.165, 1.54) is 0 Å². The molecule has 0 aromatic heterocycles. The smallest absolute Gasteiger partial charge is 0.313 e. The Hall–Kier alpha value is -0.310. The topological polar surface area (TPSA) is 26.3 Å². The summed E-state index contributed by atoms with van der Waals surface area (Å²) in [4.78, 5) is 10.8. The van der Waals surface area contributed by atoms with Gasteiger partial charge in [0.2, 0.25) is 0 Å². The average molecular weight is 181 g/mol. The highest BCUT2D eigenvalue weighted by Crippen LogP contribution is 2.51. The van der Waals surface area contributed by atoms with Gasteiger partial charge in [-0.2, -0.15) is 0 Å². The van der Waals surface area contributed by atoms with Gasteiger partial charge in [-0.15, -0.1) is 0 Å². The summed E-state index contributed by atoms with van der Waals surface area (Å²) in [7, 11) is 0. The van der Waals surface area contributed by atoms with E-state index >= 15 is 0 Å². The molecule has 2 unspecified atom stereocenters. The standard InChI is InChI=1S/C7H10ClFO2/c1-2-3-11-6(10)5-4-7(5,8)9/h5H,2-4H2,1H3. The van der Waals surface area contributed by atoms with Crippen LogP contribution in [0.2, 0.25) is 0 Å². The predicted octanol–water partition coefficient (Wildman–Crippen LogP) is 1.86. The second kappa shape index (κ2) is 2.97. The number of carbonyl (C=O) groups is 1. The molecule has 0 N–H and O–H groups in total. The highest BCUT2D eigenvalue weighted by Gasteiger charge is 2.59. The highest BCUT2D eigenvalue weighted by molar-refractivity contribution is 6.26. The van der Waals surface area contributed by atoms with Crippen molar-refractivity contribution < 1.29 is 13.9 Å². The number of ether oxygens (including phenoxy) is 1. The number of hydrogen-bond acceptors (Lipinski definition) is 2.